The van der Waals surface area contributed by atoms with Gasteiger partial charge in [0.2, 0.25) is 17.0 Å². The van der Waals surface area contributed by atoms with E-state index in [1.54, 1.807) is 11.8 Å². The Kier molecular flexibility index (Phi) is 7.26. The summed E-state index contributed by atoms with van der Waals surface area (Å²) >= 11 is 8.27. The van der Waals surface area contributed by atoms with Crippen LogP contribution in [0.25, 0.3) is 0 Å². The van der Waals surface area contributed by atoms with E-state index in [0.717, 1.165) is 28.1 Å². The molecule has 5 rings (SSSR count). The number of rotatable bonds is 6. The molecule has 190 valence electrons. The average molecular weight is 532 g/mol. The molecule has 8 heteroatoms. The summed E-state index contributed by atoms with van der Waals surface area (Å²) in [5.74, 6) is 0.838. The van der Waals surface area contributed by atoms with E-state index >= 15 is 0 Å². The highest BCUT2D eigenvalue weighted by Crippen LogP contribution is 2.40. The quantitative estimate of drug-likeness (QED) is 0.267. The zero-order valence-electron chi connectivity index (χ0n) is 21.3. The summed E-state index contributed by atoms with van der Waals surface area (Å²) in [5, 5.41) is 12.7. The number of carbonyl (C=O) groups is 1. The molecule has 1 aliphatic heterocycles. The second kappa shape index (κ2) is 10.6. The van der Waals surface area contributed by atoms with Crippen LogP contribution in [-0.2, 0) is 10.5 Å². The fourth-order valence-corrected chi connectivity index (χ4v) is 5.93. The van der Waals surface area contributed by atoms with Crippen LogP contribution in [0.4, 0.5) is 11.6 Å². The molecule has 0 bridgehead atoms. The molecule has 4 aromatic rings. The number of carbonyl (C=O) groups excluding carboxylic acids is 1. The van der Waals surface area contributed by atoms with Crippen molar-refractivity contribution in [3.05, 3.63) is 99.6 Å². The van der Waals surface area contributed by atoms with Gasteiger partial charge in [0.05, 0.1) is 12.0 Å². The molecule has 0 spiro atoms. The molecule has 1 amide bonds. The van der Waals surface area contributed by atoms with Crippen LogP contribution in [0.5, 0.6) is 0 Å². The molecule has 0 radical (unpaired) electrons. The molecule has 1 aliphatic rings. The van der Waals surface area contributed by atoms with Crippen molar-refractivity contribution in [2.75, 3.05) is 10.6 Å². The van der Waals surface area contributed by atoms with Gasteiger partial charge in [-0.05, 0) is 56.5 Å². The molecule has 0 saturated carbocycles. The zero-order valence-corrected chi connectivity index (χ0v) is 22.9. The van der Waals surface area contributed by atoms with Gasteiger partial charge in [0, 0.05) is 22.5 Å². The molecular weight excluding hydrogens is 502 g/mol. The van der Waals surface area contributed by atoms with E-state index in [0.29, 0.717) is 16.1 Å². The Morgan fingerprint density at radius 1 is 1.05 bits per heavy atom. The molecular formula is C29H30ClN5OS. The topological polar surface area (TPSA) is 71.8 Å². The lowest BCUT2D eigenvalue weighted by Gasteiger charge is -2.37. The molecule has 2 heterocycles. The third-order valence-electron chi connectivity index (χ3n) is 6.73. The standard InChI is InChI=1S/C29H30ClN5OS/c1-17-8-7-9-21(15-17)16-37-29-33-28-31-20(4)25(27(36)32-24-13-12-18(2)14-19(24)3)26(35(28)34-29)22-10-5-6-11-23(22)30/h5-15,20,25-26H,16H2,1-4H3,(H,32,36)(H,31,33,34)/t20-,25-,26+/m1/s1. The van der Waals surface area contributed by atoms with Gasteiger partial charge in [-0.1, -0.05) is 89.1 Å². The maximum atomic E-state index is 13.8. The van der Waals surface area contributed by atoms with Crippen molar-refractivity contribution in [1.82, 2.24) is 14.8 Å². The maximum absolute atomic E-state index is 13.8. The second-order valence-electron chi connectivity index (χ2n) is 9.67. The zero-order chi connectivity index (χ0) is 26.1. The van der Waals surface area contributed by atoms with Crippen LogP contribution in [-0.4, -0.2) is 26.7 Å². The van der Waals surface area contributed by atoms with Crippen molar-refractivity contribution in [3.63, 3.8) is 0 Å². The van der Waals surface area contributed by atoms with Crippen LogP contribution < -0.4 is 10.6 Å². The number of fused-ring (bicyclic) bond motifs is 1. The molecule has 0 unspecified atom stereocenters. The second-order valence-corrected chi connectivity index (χ2v) is 11.0. The molecule has 2 N–H and O–H groups in total. The average Bonchev–Trinajstić information content (AvgIpc) is 3.26. The number of anilines is 2. The summed E-state index contributed by atoms with van der Waals surface area (Å²) in [6, 6.07) is 21.5. The highest BCUT2D eigenvalue weighted by molar-refractivity contribution is 7.98. The number of benzene rings is 3. The molecule has 0 saturated heterocycles. The Hall–Kier alpha value is -3.29. The number of aromatic nitrogens is 3. The Balaban J connectivity index is 1.49. The summed E-state index contributed by atoms with van der Waals surface area (Å²) in [5.41, 5.74) is 6.27. The van der Waals surface area contributed by atoms with Crippen LogP contribution in [0.2, 0.25) is 5.02 Å². The van der Waals surface area contributed by atoms with E-state index in [9.17, 15) is 4.79 Å². The van der Waals surface area contributed by atoms with Crippen molar-refractivity contribution in [3.8, 4) is 0 Å². The van der Waals surface area contributed by atoms with E-state index < -0.39 is 12.0 Å². The number of nitrogens with one attached hydrogen (secondary N) is 2. The predicted molar refractivity (Wildman–Crippen MR) is 151 cm³/mol. The molecule has 37 heavy (non-hydrogen) atoms. The molecule has 0 aliphatic carbocycles. The SMILES string of the molecule is Cc1cccc(CSc2nc3n(n2)[C@@H](c2ccccc2Cl)[C@H](C(=O)Nc2ccc(C)cc2C)[C@@H](C)N3)c1. The number of amides is 1. The van der Waals surface area contributed by atoms with Crippen LogP contribution in [0, 0.1) is 26.7 Å². The first-order chi connectivity index (χ1) is 17.8. The molecule has 6 nitrogen and oxygen atoms in total. The van der Waals surface area contributed by atoms with Gasteiger partial charge < -0.3 is 10.6 Å². The minimum Gasteiger partial charge on any atom is -0.351 e. The number of nitrogens with zero attached hydrogens (tertiary/aromatic N) is 3. The highest BCUT2D eigenvalue weighted by atomic mass is 35.5. The lowest BCUT2D eigenvalue weighted by molar-refractivity contribution is -0.121. The predicted octanol–water partition coefficient (Wildman–Crippen LogP) is 6.81. The first-order valence-electron chi connectivity index (χ1n) is 12.3. The van der Waals surface area contributed by atoms with Crippen molar-refractivity contribution in [2.24, 2.45) is 5.92 Å². The van der Waals surface area contributed by atoms with Crippen LogP contribution in [0.3, 0.4) is 0 Å². The molecule has 3 atom stereocenters. The number of thioether (sulfide) groups is 1. The van der Waals surface area contributed by atoms with Gasteiger partial charge in [-0.15, -0.1) is 5.10 Å². The monoisotopic (exact) mass is 531 g/mol. The third kappa shape index (κ3) is 5.38. The van der Waals surface area contributed by atoms with Crippen LogP contribution in [0.1, 0.15) is 40.8 Å². The van der Waals surface area contributed by atoms with Gasteiger partial charge in [-0.3, -0.25) is 4.79 Å². The first kappa shape index (κ1) is 25.4. The van der Waals surface area contributed by atoms with Crippen molar-refractivity contribution < 1.29 is 4.79 Å². The Morgan fingerprint density at radius 2 is 1.84 bits per heavy atom. The minimum absolute atomic E-state index is 0.0908. The fraction of sp³-hybridized carbons (Fsp3) is 0.276. The Morgan fingerprint density at radius 3 is 2.59 bits per heavy atom. The minimum atomic E-state index is -0.468. The van der Waals surface area contributed by atoms with E-state index in [1.165, 1.54) is 11.1 Å². The Bertz CT molecular complexity index is 1450. The number of aryl methyl sites for hydroxylation is 3. The summed E-state index contributed by atoms with van der Waals surface area (Å²) in [7, 11) is 0. The van der Waals surface area contributed by atoms with Crippen LogP contribution >= 0.6 is 23.4 Å². The molecule has 1 aromatic heterocycles. The van der Waals surface area contributed by atoms with Gasteiger partial charge >= 0.3 is 0 Å². The number of hydrogen-bond acceptors (Lipinski definition) is 5. The van der Waals surface area contributed by atoms with Gasteiger partial charge in [-0.25, -0.2) is 4.68 Å². The van der Waals surface area contributed by atoms with E-state index in [1.807, 2.05) is 61.9 Å². The van der Waals surface area contributed by atoms with Gasteiger partial charge in [0.15, 0.2) is 0 Å². The van der Waals surface area contributed by atoms with Crippen molar-refractivity contribution in [1.29, 1.82) is 0 Å². The van der Waals surface area contributed by atoms with Crippen LogP contribution in [0.15, 0.2) is 71.9 Å². The summed E-state index contributed by atoms with van der Waals surface area (Å²) in [6.45, 7) is 8.14. The van der Waals surface area contributed by atoms with Crippen molar-refractivity contribution in [2.45, 2.75) is 50.7 Å². The van der Waals surface area contributed by atoms with Gasteiger partial charge in [0.25, 0.3) is 0 Å². The fourth-order valence-electron chi connectivity index (χ4n) is 4.91. The van der Waals surface area contributed by atoms with Crippen molar-refractivity contribution >= 4 is 40.9 Å². The lowest BCUT2D eigenvalue weighted by Crippen LogP contribution is -2.46. The lowest BCUT2D eigenvalue weighted by atomic mass is 9.85. The Labute approximate surface area is 226 Å². The third-order valence-corrected chi connectivity index (χ3v) is 7.98. The molecule has 3 aromatic carbocycles. The summed E-state index contributed by atoms with van der Waals surface area (Å²) < 4.78 is 1.83. The normalized spacial score (nSPS) is 18.7. The van der Waals surface area contributed by atoms with E-state index in [2.05, 4.69) is 47.9 Å². The smallest absolute Gasteiger partial charge is 0.232 e. The van der Waals surface area contributed by atoms with E-state index in [-0.39, 0.29) is 11.9 Å². The largest absolute Gasteiger partial charge is 0.351 e. The van der Waals surface area contributed by atoms with Gasteiger partial charge in [0.1, 0.15) is 0 Å². The molecule has 0 fully saturated rings. The maximum Gasteiger partial charge on any atom is 0.232 e. The van der Waals surface area contributed by atoms with E-state index in [4.69, 9.17) is 21.7 Å². The summed E-state index contributed by atoms with van der Waals surface area (Å²) in [4.78, 5) is 18.6. The number of hydrogen-bond donors (Lipinski definition) is 2. The summed E-state index contributed by atoms with van der Waals surface area (Å²) in [6.07, 6.45) is 0. The first-order valence-corrected chi connectivity index (χ1v) is 13.7. The highest BCUT2D eigenvalue weighted by Gasteiger charge is 2.42. The number of halogens is 1. The van der Waals surface area contributed by atoms with Gasteiger partial charge in [-0.2, -0.15) is 4.98 Å².